The van der Waals surface area contributed by atoms with Crippen molar-refractivity contribution < 1.29 is 9.53 Å². The highest BCUT2D eigenvalue weighted by Crippen LogP contribution is 2.04. The average Bonchev–Trinajstić information content (AvgIpc) is 2.58. The number of unbranched alkanes of at least 4 members (excludes halogenated alkanes) is 3. The second-order valence-corrected chi connectivity index (χ2v) is 5.81. The first-order chi connectivity index (χ1) is 11.7. The van der Waals surface area contributed by atoms with Crippen molar-refractivity contribution in [2.45, 2.75) is 52.5 Å². The number of esters is 1. The summed E-state index contributed by atoms with van der Waals surface area (Å²) in [6.07, 6.45) is 4.64. The highest BCUT2D eigenvalue weighted by atomic mass is 16.5. The highest BCUT2D eigenvalue weighted by molar-refractivity contribution is 5.79. The number of hydrogen-bond donors (Lipinski definition) is 2. The maximum Gasteiger partial charge on any atom is 0.305 e. The molecule has 0 aliphatic carbocycles. The number of rotatable bonds is 10. The van der Waals surface area contributed by atoms with E-state index in [4.69, 9.17) is 4.74 Å². The molecule has 0 atom stereocenters. The van der Waals surface area contributed by atoms with Gasteiger partial charge in [0.2, 0.25) is 0 Å². The second kappa shape index (κ2) is 12.4. The van der Waals surface area contributed by atoms with Gasteiger partial charge >= 0.3 is 5.97 Å². The topological polar surface area (TPSA) is 62.7 Å². The number of carbonyl (C=O) groups excluding carboxylic acids is 1. The molecule has 1 aromatic carbocycles. The van der Waals surface area contributed by atoms with Crippen molar-refractivity contribution in [3.8, 4) is 0 Å². The van der Waals surface area contributed by atoms with E-state index in [1.165, 1.54) is 11.1 Å². The maximum atomic E-state index is 11.2. The van der Waals surface area contributed by atoms with Crippen molar-refractivity contribution in [1.82, 2.24) is 10.6 Å². The number of guanidine groups is 1. The molecule has 24 heavy (non-hydrogen) atoms. The molecule has 0 heterocycles. The molecule has 2 N–H and O–H groups in total. The van der Waals surface area contributed by atoms with Crippen molar-refractivity contribution in [3.05, 3.63) is 35.4 Å². The maximum absolute atomic E-state index is 11.2. The summed E-state index contributed by atoms with van der Waals surface area (Å²) in [4.78, 5) is 15.4. The zero-order chi connectivity index (χ0) is 17.6. The number of hydrogen-bond acceptors (Lipinski definition) is 3. The molecule has 0 radical (unpaired) electrons. The predicted molar refractivity (Wildman–Crippen MR) is 99.1 cm³/mol. The molecule has 0 aromatic heterocycles. The number of aliphatic imine (C=N–C) groups is 1. The lowest BCUT2D eigenvalue weighted by molar-refractivity contribution is -0.143. The highest BCUT2D eigenvalue weighted by Gasteiger charge is 2.01. The lowest BCUT2D eigenvalue weighted by atomic mass is 10.1. The molecule has 0 bridgehead atoms. The molecular formula is C19H31N3O2. The van der Waals surface area contributed by atoms with E-state index in [9.17, 15) is 4.79 Å². The summed E-state index contributed by atoms with van der Waals surface area (Å²) in [5.41, 5.74) is 2.51. The fraction of sp³-hybridized carbons (Fsp3) is 0.579. The van der Waals surface area contributed by atoms with Crippen LogP contribution in [0.4, 0.5) is 0 Å². The van der Waals surface area contributed by atoms with Crippen molar-refractivity contribution in [2.75, 3.05) is 20.2 Å². The standard InChI is InChI=1S/C19H31N3O2/c1-4-24-18(23)9-7-5-6-8-14-21-19(20-3)22-15-17-12-10-16(2)11-13-17/h10-13H,4-9,14-15H2,1-3H3,(H2,20,21,22). The van der Waals surface area contributed by atoms with E-state index < -0.39 is 0 Å². The Morgan fingerprint density at radius 2 is 1.79 bits per heavy atom. The third kappa shape index (κ3) is 9.18. The summed E-state index contributed by atoms with van der Waals surface area (Å²) in [5, 5.41) is 6.63. The predicted octanol–water partition coefficient (Wildman–Crippen LogP) is 3.17. The van der Waals surface area contributed by atoms with Crippen LogP contribution in [0.15, 0.2) is 29.3 Å². The van der Waals surface area contributed by atoms with Crippen molar-refractivity contribution in [3.63, 3.8) is 0 Å². The van der Waals surface area contributed by atoms with Crippen LogP contribution in [0.1, 0.15) is 50.2 Å². The summed E-state index contributed by atoms with van der Waals surface area (Å²) in [5.74, 6) is 0.735. The van der Waals surface area contributed by atoms with E-state index in [0.717, 1.165) is 44.7 Å². The van der Waals surface area contributed by atoms with Crippen LogP contribution in [0.5, 0.6) is 0 Å². The summed E-state index contributed by atoms with van der Waals surface area (Å²) in [6.45, 7) is 6.04. The van der Waals surface area contributed by atoms with E-state index in [1.54, 1.807) is 7.05 Å². The molecule has 0 spiro atoms. The Morgan fingerprint density at radius 3 is 2.46 bits per heavy atom. The molecule has 0 saturated carbocycles. The fourth-order valence-corrected chi connectivity index (χ4v) is 2.30. The van der Waals surface area contributed by atoms with Gasteiger partial charge in [-0.2, -0.15) is 0 Å². The van der Waals surface area contributed by atoms with Crippen molar-refractivity contribution in [2.24, 2.45) is 4.99 Å². The van der Waals surface area contributed by atoms with E-state index in [2.05, 4.69) is 46.8 Å². The fourth-order valence-electron chi connectivity index (χ4n) is 2.30. The second-order valence-electron chi connectivity index (χ2n) is 5.81. The van der Waals surface area contributed by atoms with Crippen LogP contribution < -0.4 is 10.6 Å². The van der Waals surface area contributed by atoms with E-state index in [0.29, 0.717) is 13.0 Å². The molecule has 134 valence electrons. The summed E-state index contributed by atoms with van der Waals surface area (Å²) in [7, 11) is 1.78. The lowest BCUT2D eigenvalue weighted by Crippen LogP contribution is -2.37. The van der Waals surface area contributed by atoms with Crippen LogP contribution in [0, 0.1) is 6.92 Å². The number of carbonyl (C=O) groups is 1. The quantitative estimate of drug-likeness (QED) is 0.299. The minimum Gasteiger partial charge on any atom is -0.466 e. The van der Waals surface area contributed by atoms with E-state index in [-0.39, 0.29) is 5.97 Å². The normalized spacial score (nSPS) is 11.2. The van der Waals surface area contributed by atoms with Gasteiger partial charge in [-0.1, -0.05) is 42.7 Å². The number of benzene rings is 1. The monoisotopic (exact) mass is 333 g/mol. The number of nitrogens with one attached hydrogen (secondary N) is 2. The Hall–Kier alpha value is -2.04. The van der Waals surface area contributed by atoms with Crippen LogP contribution in [-0.2, 0) is 16.1 Å². The third-order valence-corrected chi connectivity index (χ3v) is 3.71. The Labute approximate surface area is 145 Å². The molecule has 0 unspecified atom stereocenters. The molecule has 1 rings (SSSR count). The van der Waals surface area contributed by atoms with Crippen LogP contribution in [0.2, 0.25) is 0 Å². The molecular weight excluding hydrogens is 302 g/mol. The lowest BCUT2D eigenvalue weighted by Gasteiger charge is -2.12. The molecule has 5 nitrogen and oxygen atoms in total. The van der Waals surface area contributed by atoms with E-state index >= 15 is 0 Å². The van der Waals surface area contributed by atoms with Gasteiger partial charge in [-0.15, -0.1) is 0 Å². The first-order valence-corrected chi connectivity index (χ1v) is 8.81. The summed E-state index contributed by atoms with van der Waals surface area (Å²) >= 11 is 0. The van der Waals surface area contributed by atoms with Gasteiger partial charge in [0, 0.05) is 26.6 Å². The molecule has 0 amide bonds. The largest absolute Gasteiger partial charge is 0.466 e. The van der Waals surface area contributed by atoms with Crippen molar-refractivity contribution in [1.29, 1.82) is 0 Å². The molecule has 0 aliphatic rings. The third-order valence-electron chi connectivity index (χ3n) is 3.71. The molecule has 0 saturated heterocycles. The first kappa shape index (κ1) is 20.0. The number of nitrogens with zero attached hydrogens (tertiary/aromatic N) is 1. The SMILES string of the molecule is CCOC(=O)CCCCCCNC(=NC)NCc1ccc(C)cc1. The van der Waals surface area contributed by atoms with Gasteiger partial charge in [0.15, 0.2) is 5.96 Å². The van der Waals surface area contributed by atoms with Crippen LogP contribution in [0.25, 0.3) is 0 Å². The van der Waals surface area contributed by atoms with Gasteiger partial charge in [-0.25, -0.2) is 0 Å². The van der Waals surface area contributed by atoms with Gasteiger partial charge in [0.25, 0.3) is 0 Å². The zero-order valence-corrected chi connectivity index (χ0v) is 15.2. The van der Waals surface area contributed by atoms with Gasteiger partial charge in [0.05, 0.1) is 6.61 Å². The average molecular weight is 333 g/mol. The van der Waals surface area contributed by atoms with Gasteiger partial charge in [0.1, 0.15) is 0 Å². The van der Waals surface area contributed by atoms with Crippen LogP contribution >= 0.6 is 0 Å². The molecule has 1 aromatic rings. The van der Waals surface area contributed by atoms with E-state index in [1.807, 2.05) is 6.92 Å². The minimum atomic E-state index is -0.0867. The number of ether oxygens (including phenoxy) is 1. The smallest absolute Gasteiger partial charge is 0.305 e. The summed E-state index contributed by atoms with van der Waals surface area (Å²) < 4.78 is 4.91. The van der Waals surface area contributed by atoms with Gasteiger partial charge in [-0.3, -0.25) is 9.79 Å². The first-order valence-electron chi connectivity index (χ1n) is 8.81. The number of aryl methyl sites for hydroxylation is 1. The van der Waals surface area contributed by atoms with Crippen LogP contribution in [-0.4, -0.2) is 32.1 Å². The molecule has 0 fully saturated rings. The van der Waals surface area contributed by atoms with Crippen molar-refractivity contribution >= 4 is 11.9 Å². The van der Waals surface area contributed by atoms with Crippen LogP contribution in [0.3, 0.4) is 0 Å². The summed E-state index contributed by atoms with van der Waals surface area (Å²) in [6, 6.07) is 8.48. The van der Waals surface area contributed by atoms with Gasteiger partial charge in [-0.05, 0) is 32.3 Å². The zero-order valence-electron chi connectivity index (χ0n) is 15.2. The molecule has 5 heteroatoms. The Balaban J connectivity index is 2.08. The Morgan fingerprint density at radius 1 is 1.08 bits per heavy atom. The Kier molecular flexibility index (Phi) is 10.3. The Bertz CT molecular complexity index is 498. The minimum absolute atomic E-state index is 0.0867. The van der Waals surface area contributed by atoms with Gasteiger partial charge < -0.3 is 15.4 Å². The molecule has 0 aliphatic heterocycles.